The number of benzene rings is 2. The molecule has 0 heterocycles. The zero-order valence-electron chi connectivity index (χ0n) is 15.7. The monoisotopic (exact) mass is 332 g/mol. The highest BCUT2D eigenvalue weighted by molar-refractivity contribution is 6.43. The van der Waals surface area contributed by atoms with Crippen LogP contribution in [0.15, 0.2) is 52.4 Å². The van der Waals surface area contributed by atoms with E-state index in [2.05, 4.69) is 63.2 Å². The predicted molar refractivity (Wildman–Crippen MR) is 109 cm³/mol. The van der Waals surface area contributed by atoms with Gasteiger partial charge in [-0.15, -0.1) is 0 Å². The Balaban J connectivity index is 2.01. The largest absolute Gasteiger partial charge is 0.251 e. The molecule has 25 heavy (non-hydrogen) atoms. The summed E-state index contributed by atoms with van der Waals surface area (Å²) in [7, 11) is 0. The van der Waals surface area contributed by atoms with Crippen LogP contribution in [-0.4, -0.2) is 11.4 Å². The summed E-state index contributed by atoms with van der Waals surface area (Å²) in [6.45, 7) is 6.50. The molecule has 1 aliphatic rings. The first-order valence-corrected chi connectivity index (χ1v) is 9.48. The van der Waals surface area contributed by atoms with Crippen LogP contribution in [0.1, 0.15) is 55.7 Å². The average molecular weight is 332 g/mol. The van der Waals surface area contributed by atoms with Gasteiger partial charge < -0.3 is 0 Å². The molecule has 0 spiro atoms. The molecule has 1 saturated carbocycles. The minimum Gasteiger partial charge on any atom is -0.251 e. The van der Waals surface area contributed by atoms with Crippen molar-refractivity contribution < 1.29 is 0 Å². The molecular weight excluding hydrogens is 304 g/mol. The smallest absolute Gasteiger partial charge is 0.0692 e. The molecule has 0 bridgehead atoms. The third-order valence-corrected chi connectivity index (χ3v) is 4.86. The summed E-state index contributed by atoms with van der Waals surface area (Å²) in [5.74, 6) is 0. The molecule has 2 heteroatoms. The van der Waals surface area contributed by atoms with E-state index >= 15 is 0 Å². The SMILES string of the molecule is CCCc1ccccc1/N=C1\CCCC\C1=N\c1c(C)cccc1C. The standard InChI is InChI=1S/C23H28N2/c1-4-10-19-13-5-6-14-20(19)24-21-15-7-8-16-22(21)25-23-17(2)11-9-12-18(23)3/h5-6,9,11-14H,4,7-8,10,15-16H2,1-3H3/b24-21+,25-22-. The molecule has 0 saturated heterocycles. The summed E-state index contributed by atoms with van der Waals surface area (Å²) in [6, 6.07) is 14.9. The minimum absolute atomic E-state index is 1.03. The van der Waals surface area contributed by atoms with E-state index in [0.717, 1.165) is 37.1 Å². The lowest BCUT2D eigenvalue weighted by molar-refractivity contribution is 0.776. The number of aliphatic imine (C=N–C) groups is 2. The zero-order valence-corrected chi connectivity index (χ0v) is 15.7. The van der Waals surface area contributed by atoms with Crippen molar-refractivity contribution in [3.63, 3.8) is 0 Å². The van der Waals surface area contributed by atoms with E-state index in [0.29, 0.717) is 0 Å². The third-order valence-electron chi connectivity index (χ3n) is 4.86. The van der Waals surface area contributed by atoms with E-state index in [1.807, 2.05) is 0 Å². The summed E-state index contributed by atoms with van der Waals surface area (Å²) < 4.78 is 0. The first-order chi connectivity index (χ1) is 12.2. The van der Waals surface area contributed by atoms with Gasteiger partial charge in [0.25, 0.3) is 0 Å². The van der Waals surface area contributed by atoms with Gasteiger partial charge in [0.1, 0.15) is 0 Å². The van der Waals surface area contributed by atoms with Crippen LogP contribution in [0.5, 0.6) is 0 Å². The van der Waals surface area contributed by atoms with Crippen molar-refractivity contribution in [1.29, 1.82) is 0 Å². The summed E-state index contributed by atoms with van der Waals surface area (Å²) in [6.07, 6.45) is 6.70. The van der Waals surface area contributed by atoms with Gasteiger partial charge in [0.05, 0.1) is 22.8 Å². The topological polar surface area (TPSA) is 24.7 Å². The van der Waals surface area contributed by atoms with Crippen molar-refractivity contribution in [2.75, 3.05) is 0 Å². The molecule has 2 aromatic rings. The molecule has 2 aromatic carbocycles. The Kier molecular flexibility index (Phi) is 5.80. The lowest BCUT2D eigenvalue weighted by Gasteiger charge is -2.18. The number of hydrogen-bond donors (Lipinski definition) is 0. The Morgan fingerprint density at radius 2 is 1.44 bits per heavy atom. The molecule has 0 aromatic heterocycles. The molecule has 0 atom stereocenters. The van der Waals surface area contributed by atoms with Crippen LogP contribution in [0.3, 0.4) is 0 Å². The van der Waals surface area contributed by atoms with Gasteiger partial charge in [0, 0.05) is 0 Å². The fourth-order valence-corrected chi connectivity index (χ4v) is 3.48. The number of rotatable bonds is 4. The van der Waals surface area contributed by atoms with E-state index in [1.54, 1.807) is 0 Å². The molecule has 1 aliphatic carbocycles. The highest BCUT2D eigenvalue weighted by Gasteiger charge is 2.16. The van der Waals surface area contributed by atoms with Crippen LogP contribution >= 0.6 is 0 Å². The lowest BCUT2D eigenvalue weighted by Crippen LogP contribution is -2.19. The summed E-state index contributed by atoms with van der Waals surface area (Å²) in [4.78, 5) is 10.1. The highest BCUT2D eigenvalue weighted by atomic mass is 14.8. The summed E-state index contributed by atoms with van der Waals surface area (Å²) in [5, 5.41) is 0. The van der Waals surface area contributed by atoms with Gasteiger partial charge in [0.2, 0.25) is 0 Å². The second kappa shape index (κ2) is 8.24. The minimum atomic E-state index is 1.03. The summed E-state index contributed by atoms with van der Waals surface area (Å²) >= 11 is 0. The van der Waals surface area contributed by atoms with Crippen molar-refractivity contribution in [1.82, 2.24) is 0 Å². The van der Waals surface area contributed by atoms with Gasteiger partial charge in [-0.1, -0.05) is 49.7 Å². The van der Waals surface area contributed by atoms with Crippen LogP contribution in [0.4, 0.5) is 11.4 Å². The molecule has 130 valence electrons. The van der Waals surface area contributed by atoms with Gasteiger partial charge in [-0.3, -0.25) is 9.98 Å². The molecule has 0 N–H and O–H groups in total. The highest BCUT2D eigenvalue weighted by Crippen LogP contribution is 2.28. The van der Waals surface area contributed by atoms with Gasteiger partial charge in [-0.2, -0.15) is 0 Å². The molecule has 0 aliphatic heterocycles. The van der Waals surface area contributed by atoms with Crippen LogP contribution in [0.2, 0.25) is 0 Å². The Morgan fingerprint density at radius 3 is 2.12 bits per heavy atom. The molecule has 0 amide bonds. The van der Waals surface area contributed by atoms with Crippen LogP contribution in [0, 0.1) is 13.8 Å². The maximum Gasteiger partial charge on any atom is 0.0692 e. The number of para-hydroxylation sites is 2. The Hall–Kier alpha value is -2.22. The summed E-state index contributed by atoms with van der Waals surface area (Å²) in [5.41, 5.74) is 8.42. The third kappa shape index (κ3) is 4.25. The first-order valence-electron chi connectivity index (χ1n) is 9.48. The van der Waals surface area contributed by atoms with E-state index in [1.165, 1.54) is 41.0 Å². The maximum absolute atomic E-state index is 5.06. The molecule has 2 nitrogen and oxygen atoms in total. The lowest BCUT2D eigenvalue weighted by atomic mass is 9.95. The number of aryl methyl sites for hydroxylation is 3. The van der Waals surface area contributed by atoms with Crippen molar-refractivity contribution in [2.45, 2.75) is 59.3 Å². The molecule has 1 fully saturated rings. The molecule has 3 rings (SSSR count). The predicted octanol–water partition coefficient (Wildman–Crippen LogP) is 6.68. The van der Waals surface area contributed by atoms with E-state index in [-0.39, 0.29) is 0 Å². The van der Waals surface area contributed by atoms with Crippen LogP contribution in [-0.2, 0) is 6.42 Å². The van der Waals surface area contributed by atoms with E-state index in [4.69, 9.17) is 9.98 Å². The fourth-order valence-electron chi connectivity index (χ4n) is 3.48. The van der Waals surface area contributed by atoms with Crippen molar-refractivity contribution in [3.05, 3.63) is 59.2 Å². The molecule has 0 unspecified atom stereocenters. The van der Waals surface area contributed by atoms with Crippen molar-refractivity contribution in [2.24, 2.45) is 9.98 Å². The normalized spacial score (nSPS) is 18.0. The van der Waals surface area contributed by atoms with Gasteiger partial charge in [-0.05, 0) is 68.7 Å². The van der Waals surface area contributed by atoms with Gasteiger partial charge in [-0.25, -0.2) is 0 Å². The molecule has 0 radical (unpaired) electrons. The number of nitrogens with zero attached hydrogens (tertiary/aromatic N) is 2. The van der Waals surface area contributed by atoms with Crippen molar-refractivity contribution in [3.8, 4) is 0 Å². The Labute approximate surface area is 151 Å². The van der Waals surface area contributed by atoms with Gasteiger partial charge >= 0.3 is 0 Å². The zero-order chi connectivity index (χ0) is 17.6. The Morgan fingerprint density at radius 1 is 0.800 bits per heavy atom. The van der Waals surface area contributed by atoms with Crippen LogP contribution in [0.25, 0.3) is 0 Å². The average Bonchev–Trinajstić information content (AvgIpc) is 2.61. The van der Waals surface area contributed by atoms with Crippen molar-refractivity contribution >= 4 is 22.8 Å². The van der Waals surface area contributed by atoms with Crippen LogP contribution < -0.4 is 0 Å². The number of hydrogen-bond acceptors (Lipinski definition) is 2. The second-order valence-corrected chi connectivity index (χ2v) is 6.94. The van der Waals surface area contributed by atoms with Gasteiger partial charge in [0.15, 0.2) is 0 Å². The van der Waals surface area contributed by atoms with E-state index < -0.39 is 0 Å². The molecular formula is C23H28N2. The Bertz CT molecular complexity index is 779. The quantitative estimate of drug-likeness (QED) is 0.597. The van der Waals surface area contributed by atoms with E-state index in [9.17, 15) is 0 Å². The fraction of sp³-hybridized carbons (Fsp3) is 0.391. The first kappa shape index (κ1) is 17.6. The second-order valence-electron chi connectivity index (χ2n) is 6.94. The maximum atomic E-state index is 5.06.